The molecular formula is C14H29N3O. The number of carbonyl (C=O) groups excluding carboxylic acids is 1. The number of carbonyl (C=O) groups is 1. The molecule has 4 nitrogen and oxygen atoms in total. The summed E-state index contributed by atoms with van der Waals surface area (Å²) in [6, 6.07) is 0.407. The monoisotopic (exact) mass is 255 g/mol. The van der Waals surface area contributed by atoms with E-state index in [1.54, 1.807) is 0 Å². The van der Waals surface area contributed by atoms with Crippen molar-refractivity contribution in [2.75, 3.05) is 13.1 Å². The average Bonchev–Trinajstić information content (AvgIpc) is 2.34. The molecule has 1 fully saturated rings. The molecule has 18 heavy (non-hydrogen) atoms. The molecule has 1 rings (SSSR count). The van der Waals surface area contributed by atoms with Crippen molar-refractivity contribution >= 4 is 5.91 Å². The summed E-state index contributed by atoms with van der Waals surface area (Å²) in [6.45, 7) is 9.99. The maximum absolute atomic E-state index is 12.1. The van der Waals surface area contributed by atoms with Crippen LogP contribution in [0.3, 0.4) is 0 Å². The van der Waals surface area contributed by atoms with Crippen LogP contribution in [-0.4, -0.2) is 42.0 Å². The third kappa shape index (κ3) is 4.25. The van der Waals surface area contributed by atoms with E-state index >= 15 is 0 Å². The molecule has 3 unspecified atom stereocenters. The van der Waals surface area contributed by atoms with Gasteiger partial charge in [0.15, 0.2) is 0 Å². The van der Waals surface area contributed by atoms with Crippen molar-refractivity contribution in [3.05, 3.63) is 0 Å². The normalized spacial score (nSPS) is 24.9. The molecule has 1 saturated heterocycles. The van der Waals surface area contributed by atoms with Gasteiger partial charge in [0.1, 0.15) is 0 Å². The lowest BCUT2D eigenvalue weighted by molar-refractivity contribution is -0.127. The zero-order valence-corrected chi connectivity index (χ0v) is 12.3. The predicted octanol–water partition coefficient (Wildman–Crippen LogP) is 1.35. The van der Waals surface area contributed by atoms with Crippen LogP contribution in [0.25, 0.3) is 0 Å². The Morgan fingerprint density at radius 2 is 2.00 bits per heavy atom. The molecule has 1 amide bonds. The smallest absolute Gasteiger partial charge is 0.237 e. The van der Waals surface area contributed by atoms with Crippen molar-refractivity contribution in [2.24, 2.45) is 11.7 Å². The van der Waals surface area contributed by atoms with Gasteiger partial charge in [-0.25, -0.2) is 0 Å². The Kier molecular flexibility index (Phi) is 6.09. The van der Waals surface area contributed by atoms with Crippen LogP contribution < -0.4 is 11.1 Å². The van der Waals surface area contributed by atoms with Crippen molar-refractivity contribution in [2.45, 2.75) is 65.1 Å². The lowest BCUT2D eigenvalue weighted by Crippen LogP contribution is -2.56. The Labute approximate surface area is 111 Å². The molecule has 0 bridgehead atoms. The fraction of sp³-hybridized carbons (Fsp3) is 0.929. The molecule has 0 aromatic heterocycles. The van der Waals surface area contributed by atoms with Gasteiger partial charge < -0.3 is 11.1 Å². The van der Waals surface area contributed by atoms with E-state index < -0.39 is 0 Å². The van der Waals surface area contributed by atoms with Gasteiger partial charge in [-0.05, 0) is 39.2 Å². The summed E-state index contributed by atoms with van der Waals surface area (Å²) < 4.78 is 0. The van der Waals surface area contributed by atoms with Crippen LogP contribution in [-0.2, 0) is 4.79 Å². The Morgan fingerprint density at radius 3 is 2.56 bits per heavy atom. The van der Waals surface area contributed by atoms with E-state index in [1.807, 2.05) is 13.8 Å². The Morgan fingerprint density at radius 1 is 1.33 bits per heavy atom. The van der Waals surface area contributed by atoms with Gasteiger partial charge in [-0.2, -0.15) is 0 Å². The van der Waals surface area contributed by atoms with Gasteiger partial charge in [0.05, 0.1) is 6.04 Å². The average molecular weight is 255 g/mol. The van der Waals surface area contributed by atoms with E-state index in [4.69, 9.17) is 5.73 Å². The van der Waals surface area contributed by atoms with Crippen LogP contribution in [0, 0.1) is 5.92 Å². The van der Waals surface area contributed by atoms with E-state index in [2.05, 4.69) is 24.1 Å². The minimum Gasteiger partial charge on any atom is -0.354 e. The molecule has 1 aliphatic heterocycles. The summed E-state index contributed by atoms with van der Waals surface area (Å²) >= 11 is 0. The second-order valence-electron chi connectivity index (χ2n) is 5.98. The maximum atomic E-state index is 12.1. The second-order valence-corrected chi connectivity index (χ2v) is 5.98. The first kappa shape index (κ1) is 15.4. The van der Waals surface area contributed by atoms with E-state index in [0.29, 0.717) is 12.0 Å². The number of nitrogens with two attached hydrogens (primary N) is 1. The molecular weight excluding hydrogens is 226 g/mol. The minimum atomic E-state index is -0.0694. The third-order valence-corrected chi connectivity index (χ3v) is 3.76. The van der Waals surface area contributed by atoms with Crippen LogP contribution >= 0.6 is 0 Å². The van der Waals surface area contributed by atoms with Crippen molar-refractivity contribution < 1.29 is 4.79 Å². The van der Waals surface area contributed by atoms with E-state index in [0.717, 1.165) is 19.5 Å². The SMILES string of the molecule is CC(C)CNC(=O)C(C)N1CCCCC1C(C)N. The Bertz CT molecular complexity index is 266. The summed E-state index contributed by atoms with van der Waals surface area (Å²) in [7, 11) is 0. The van der Waals surface area contributed by atoms with Crippen molar-refractivity contribution in [1.29, 1.82) is 0 Å². The number of hydrogen-bond donors (Lipinski definition) is 2. The predicted molar refractivity (Wildman–Crippen MR) is 75.3 cm³/mol. The van der Waals surface area contributed by atoms with Gasteiger partial charge in [0.25, 0.3) is 0 Å². The minimum absolute atomic E-state index is 0.0694. The van der Waals surface area contributed by atoms with Crippen molar-refractivity contribution in [3.63, 3.8) is 0 Å². The lowest BCUT2D eigenvalue weighted by atomic mass is 9.95. The molecule has 1 heterocycles. The fourth-order valence-corrected chi connectivity index (χ4v) is 2.63. The molecule has 1 aliphatic rings. The third-order valence-electron chi connectivity index (χ3n) is 3.76. The van der Waals surface area contributed by atoms with Crippen molar-refractivity contribution in [3.8, 4) is 0 Å². The van der Waals surface area contributed by atoms with Crippen molar-refractivity contribution in [1.82, 2.24) is 10.2 Å². The second kappa shape index (κ2) is 7.10. The summed E-state index contributed by atoms with van der Waals surface area (Å²) in [5.41, 5.74) is 6.04. The molecule has 0 spiro atoms. The van der Waals surface area contributed by atoms with Crippen LogP contribution in [0.15, 0.2) is 0 Å². The first-order valence-corrected chi connectivity index (χ1v) is 7.22. The fourth-order valence-electron chi connectivity index (χ4n) is 2.63. The molecule has 0 radical (unpaired) electrons. The topological polar surface area (TPSA) is 58.4 Å². The molecule has 0 aromatic rings. The molecule has 0 aliphatic carbocycles. The Hall–Kier alpha value is -0.610. The highest BCUT2D eigenvalue weighted by Crippen LogP contribution is 2.21. The summed E-state index contributed by atoms with van der Waals surface area (Å²) in [6.07, 6.45) is 3.51. The van der Waals surface area contributed by atoms with E-state index in [9.17, 15) is 4.79 Å². The highest BCUT2D eigenvalue weighted by molar-refractivity contribution is 5.81. The largest absolute Gasteiger partial charge is 0.354 e. The number of nitrogens with one attached hydrogen (secondary N) is 1. The first-order valence-electron chi connectivity index (χ1n) is 7.22. The lowest BCUT2D eigenvalue weighted by Gasteiger charge is -2.41. The summed E-state index contributed by atoms with van der Waals surface area (Å²) in [5.74, 6) is 0.628. The molecule has 3 N–H and O–H groups in total. The molecule has 0 saturated carbocycles. The van der Waals surface area contributed by atoms with Gasteiger partial charge in [-0.3, -0.25) is 9.69 Å². The summed E-state index contributed by atoms with van der Waals surface area (Å²) in [5, 5.41) is 3.02. The van der Waals surface area contributed by atoms with Crippen LogP contribution in [0.5, 0.6) is 0 Å². The van der Waals surface area contributed by atoms with Gasteiger partial charge in [0, 0.05) is 18.6 Å². The number of piperidine rings is 1. The molecule has 106 valence electrons. The van der Waals surface area contributed by atoms with Crippen LogP contribution in [0.1, 0.15) is 47.0 Å². The first-order chi connectivity index (χ1) is 8.43. The maximum Gasteiger partial charge on any atom is 0.237 e. The number of hydrogen-bond acceptors (Lipinski definition) is 3. The highest BCUT2D eigenvalue weighted by atomic mass is 16.2. The molecule has 4 heteroatoms. The van der Waals surface area contributed by atoms with Gasteiger partial charge in [-0.1, -0.05) is 20.3 Å². The quantitative estimate of drug-likeness (QED) is 0.779. The number of nitrogens with zero attached hydrogens (tertiary/aromatic N) is 1. The molecule has 0 aromatic carbocycles. The molecule has 3 atom stereocenters. The highest BCUT2D eigenvalue weighted by Gasteiger charge is 2.31. The van der Waals surface area contributed by atoms with Gasteiger partial charge in [-0.15, -0.1) is 0 Å². The van der Waals surface area contributed by atoms with Crippen LogP contribution in [0.2, 0.25) is 0 Å². The van der Waals surface area contributed by atoms with Crippen LogP contribution in [0.4, 0.5) is 0 Å². The number of amides is 1. The van der Waals surface area contributed by atoms with E-state index in [-0.39, 0.29) is 18.0 Å². The summed E-state index contributed by atoms with van der Waals surface area (Å²) in [4.78, 5) is 14.4. The Balaban J connectivity index is 2.56. The number of rotatable bonds is 5. The van der Waals surface area contributed by atoms with Gasteiger partial charge in [0.2, 0.25) is 5.91 Å². The zero-order chi connectivity index (χ0) is 13.7. The van der Waals surface area contributed by atoms with E-state index in [1.165, 1.54) is 12.8 Å². The zero-order valence-electron chi connectivity index (χ0n) is 12.3. The number of likely N-dealkylation sites (tertiary alicyclic amines) is 1. The standard InChI is InChI=1S/C14H29N3O/c1-10(2)9-16-14(18)12(4)17-8-6-5-7-13(17)11(3)15/h10-13H,5-9,15H2,1-4H3,(H,16,18). The van der Waals surface area contributed by atoms with Gasteiger partial charge >= 0.3 is 0 Å².